The van der Waals surface area contributed by atoms with Gasteiger partial charge in [-0.15, -0.1) is 0 Å². The molecule has 0 radical (unpaired) electrons. The Labute approximate surface area is 95.4 Å². The zero-order valence-corrected chi connectivity index (χ0v) is 9.78. The molecule has 1 rings (SSSR count). The summed E-state index contributed by atoms with van der Waals surface area (Å²) < 4.78 is 5.52. The van der Waals surface area contributed by atoms with Gasteiger partial charge in [0.15, 0.2) is 0 Å². The van der Waals surface area contributed by atoms with Crippen molar-refractivity contribution in [3.05, 3.63) is 41.0 Å². The summed E-state index contributed by atoms with van der Waals surface area (Å²) >= 11 is 0. The third-order valence-corrected chi connectivity index (χ3v) is 2.19. The third-order valence-electron chi connectivity index (χ3n) is 2.19. The van der Waals surface area contributed by atoms with E-state index in [0.29, 0.717) is 0 Å². The van der Waals surface area contributed by atoms with Gasteiger partial charge in [-0.05, 0) is 38.0 Å². The van der Waals surface area contributed by atoms with Crippen molar-refractivity contribution in [1.82, 2.24) is 0 Å². The van der Waals surface area contributed by atoms with Crippen LogP contribution in [0.3, 0.4) is 0 Å². The maximum atomic E-state index is 10.2. The number of rotatable bonds is 4. The molecule has 0 saturated carbocycles. The highest BCUT2D eigenvalue weighted by atomic mass is 16.5. The minimum atomic E-state index is -0.957. The summed E-state index contributed by atoms with van der Waals surface area (Å²) in [7, 11) is 0. The fourth-order valence-corrected chi connectivity index (χ4v) is 1.67. The van der Waals surface area contributed by atoms with Crippen LogP contribution in [0.5, 0.6) is 5.75 Å². The van der Waals surface area contributed by atoms with Crippen LogP contribution in [0.1, 0.15) is 16.7 Å². The number of carbonyl (C=O) groups is 1. The molecular formula is C13H16O3. The lowest BCUT2D eigenvalue weighted by Gasteiger charge is -2.11. The first-order chi connectivity index (χ1) is 7.50. The minimum absolute atomic E-state index is 0.275. The van der Waals surface area contributed by atoms with Crippen molar-refractivity contribution >= 4 is 5.97 Å². The number of benzene rings is 1. The monoisotopic (exact) mass is 220 g/mol. The number of ether oxygens (including phenoxy) is 1. The Hall–Kier alpha value is -1.77. The van der Waals surface area contributed by atoms with Crippen molar-refractivity contribution in [1.29, 1.82) is 0 Å². The molecule has 1 aromatic rings. The van der Waals surface area contributed by atoms with Crippen LogP contribution in [-0.2, 0) is 4.79 Å². The molecule has 0 saturated heterocycles. The molecular weight excluding hydrogens is 204 g/mol. The lowest BCUT2D eigenvalue weighted by molar-refractivity contribution is -0.131. The van der Waals surface area contributed by atoms with Crippen LogP contribution in [0, 0.1) is 20.8 Å². The van der Waals surface area contributed by atoms with E-state index in [9.17, 15) is 4.79 Å². The number of carboxylic acids is 1. The molecule has 0 spiro atoms. The molecule has 0 aromatic heterocycles. The fourth-order valence-electron chi connectivity index (χ4n) is 1.67. The zero-order chi connectivity index (χ0) is 12.1. The first-order valence-corrected chi connectivity index (χ1v) is 5.11. The van der Waals surface area contributed by atoms with Crippen LogP contribution in [0.15, 0.2) is 24.3 Å². The largest absolute Gasteiger partial charge is 0.489 e. The minimum Gasteiger partial charge on any atom is -0.489 e. The van der Waals surface area contributed by atoms with Crippen molar-refractivity contribution < 1.29 is 14.6 Å². The van der Waals surface area contributed by atoms with Gasteiger partial charge in [-0.2, -0.15) is 0 Å². The van der Waals surface area contributed by atoms with Crippen molar-refractivity contribution in [3.8, 4) is 5.75 Å². The predicted octanol–water partition coefficient (Wildman–Crippen LogP) is 2.63. The highest BCUT2D eigenvalue weighted by molar-refractivity contribution is 5.79. The van der Waals surface area contributed by atoms with Gasteiger partial charge >= 0.3 is 5.97 Å². The Kier molecular flexibility index (Phi) is 4.11. The Morgan fingerprint density at radius 3 is 2.38 bits per heavy atom. The standard InChI is InChI=1S/C13H16O3/c1-9-7-10(2)13(11(3)8-9)16-6-4-5-12(14)15/h4-5,7-8H,6H2,1-3H3,(H,14,15)/b5-4+. The van der Waals surface area contributed by atoms with Crippen LogP contribution in [0.2, 0.25) is 0 Å². The number of aryl methyl sites for hydroxylation is 3. The van der Waals surface area contributed by atoms with Crippen LogP contribution >= 0.6 is 0 Å². The molecule has 3 heteroatoms. The molecule has 0 atom stereocenters. The maximum Gasteiger partial charge on any atom is 0.328 e. The van der Waals surface area contributed by atoms with Crippen LogP contribution in [0.25, 0.3) is 0 Å². The lowest BCUT2D eigenvalue weighted by Crippen LogP contribution is -1.99. The first-order valence-electron chi connectivity index (χ1n) is 5.11. The summed E-state index contributed by atoms with van der Waals surface area (Å²) in [5.74, 6) is -0.124. The molecule has 0 aliphatic carbocycles. The number of hydrogen-bond acceptors (Lipinski definition) is 2. The molecule has 0 amide bonds. The fraction of sp³-hybridized carbons (Fsp3) is 0.308. The quantitative estimate of drug-likeness (QED) is 0.793. The van der Waals surface area contributed by atoms with E-state index in [4.69, 9.17) is 9.84 Å². The Morgan fingerprint density at radius 1 is 1.31 bits per heavy atom. The van der Waals surface area contributed by atoms with Gasteiger partial charge in [-0.25, -0.2) is 4.79 Å². The highest BCUT2D eigenvalue weighted by Crippen LogP contribution is 2.24. The zero-order valence-electron chi connectivity index (χ0n) is 9.78. The van der Waals surface area contributed by atoms with Crippen LogP contribution < -0.4 is 4.74 Å². The van der Waals surface area contributed by atoms with E-state index in [1.807, 2.05) is 32.9 Å². The molecule has 1 aromatic carbocycles. The Morgan fingerprint density at radius 2 is 1.88 bits per heavy atom. The molecule has 0 heterocycles. The smallest absolute Gasteiger partial charge is 0.328 e. The van der Waals surface area contributed by atoms with Gasteiger partial charge in [0.05, 0.1) is 0 Å². The van der Waals surface area contributed by atoms with Gasteiger partial charge in [0, 0.05) is 6.08 Å². The first kappa shape index (κ1) is 12.3. The second-order valence-corrected chi connectivity index (χ2v) is 3.78. The molecule has 16 heavy (non-hydrogen) atoms. The van der Waals surface area contributed by atoms with E-state index in [-0.39, 0.29) is 6.61 Å². The molecule has 0 aliphatic rings. The van der Waals surface area contributed by atoms with E-state index in [1.54, 1.807) is 0 Å². The topological polar surface area (TPSA) is 46.5 Å². The molecule has 0 unspecified atom stereocenters. The number of hydrogen-bond donors (Lipinski definition) is 1. The van der Waals surface area contributed by atoms with E-state index in [2.05, 4.69) is 0 Å². The van der Waals surface area contributed by atoms with Gasteiger partial charge in [0.1, 0.15) is 12.4 Å². The predicted molar refractivity (Wildman–Crippen MR) is 62.9 cm³/mol. The number of carboxylic acid groups (broad SMARTS) is 1. The van der Waals surface area contributed by atoms with Crippen LogP contribution in [0.4, 0.5) is 0 Å². The normalized spacial score (nSPS) is 10.7. The molecule has 0 aliphatic heterocycles. The van der Waals surface area contributed by atoms with E-state index >= 15 is 0 Å². The average molecular weight is 220 g/mol. The van der Waals surface area contributed by atoms with Gasteiger partial charge in [0.25, 0.3) is 0 Å². The van der Waals surface area contributed by atoms with Gasteiger partial charge in [-0.3, -0.25) is 0 Å². The van der Waals surface area contributed by atoms with Crippen molar-refractivity contribution in [2.24, 2.45) is 0 Å². The molecule has 86 valence electrons. The number of aliphatic carboxylic acids is 1. The second kappa shape index (κ2) is 5.35. The van der Waals surface area contributed by atoms with Crippen LogP contribution in [-0.4, -0.2) is 17.7 Å². The van der Waals surface area contributed by atoms with E-state index < -0.39 is 5.97 Å². The highest BCUT2D eigenvalue weighted by Gasteiger charge is 2.03. The summed E-state index contributed by atoms with van der Waals surface area (Å²) in [6.45, 7) is 6.28. The van der Waals surface area contributed by atoms with Crippen molar-refractivity contribution in [2.75, 3.05) is 6.61 Å². The molecule has 3 nitrogen and oxygen atoms in total. The molecule has 1 N–H and O–H groups in total. The summed E-state index contributed by atoms with van der Waals surface area (Å²) in [6, 6.07) is 4.09. The van der Waals surface area contributed by atoms with Gasteiger partial charge < -0.3 is 9.84 Å². The third kappa shape index (κ3) is 3.42. The van der Waals surface area contributed by atoms with E-state index in [1.165, 1.54) is 11.6 Å². The average Bonchev–Trinajstić information content (AvgIpc) is 2.14. The maximum absolute atomic E-state index is 10.2. The van der Waals surface area contributed by atoms with Gasteiger partial charge in [-0.1, -0.05) is 17.7 Å². The Bertz CT molecular complexity index is 396. The summed E-state index contributed by atoms with van der Waals surface area (Å²) in [5.41, 5.74) is 3.34. The lowest BCUT2D eigenvalue weighted by atomic mass is 10.1. The van der Waals surface area contributed by atoms with E-state index in [0.717, 1.165) is 23.0 Å². The summed E-state index contributed by atoms with van der Waals surface area (Å²) in [5, 5.41) is 8.41. The Balaban J connectivity index is 2.71. The SMILES string of the molecule is Cc1cc(C)c(OC/C=C/C(=O)O)c(C)c1. The van der Waals surface area contributed by atoms with Crippen molar-refractivity contribution in [2.45, 2.75) is 20.8 Å². The second-order valence-electron chi connectivity index (χ2n) is 3.78. The summed E-state index contributed by atoms with van der Waals surface area (Å²) in [6.07, 6.45) is 2.57. The molecule has 0 fully saturated rings. The van der Waals surface area contributed by atoms with Gasteiger partial charge in [0.2, 0.25) is 0 Å². The molecule has 0 bridgehead atoms. The van der Waals surface area contributed by atoms with Crippen molar-refractivity contribution in [3.63, 3.8) is 0 Å². The summed E-state index contributed by atoms with van der Waals surface area (Å²) in [4.78, 5) is 10.2.